The molecule has 4 fully saturated rings. The Kier molecular flexibility index (Phi) is 5.15. The molecule has 0 aromatic rings. The highest BCUT2D eigenvalue weighted by Gasteiger charge is 2.60. The van der Waals surface area contributed by atoms with Crippen molar-refractivity contribution in [3.63, 3.8) is 0 Å². The molecule has 3 nitrogen and oxygen atoms in total. The van der Waals surface area contributed by atoms with E-state index in [1.165, 1.54) is 44.9 Å². The third-order valence-electron chi connectivity index (χ3n) is 10.2. The van der Waals surface area contributed by atoms with E-state index in [0.717, 1.165) is 42.9 Å². The molecule has 4 saturated carbocycles. The quantitative estimate of drug-likeness (QED) is 0.680. The summed E-state index contributed by atoms with van der Waals surface area (Å²) in [7, 11) is 0. The van der Waals surface area contributed by atoms with Crippen molar-refractivity contribution in [3.05, 3.63) is 0 Å². The number of hydrogen-bond donors (Lipinski definition) is 2. The molecular formula is C24H40O3. The third kappa shape index (κ3) is 3.16. The molecule has 0 aliphatic heterocycles. The van der Waals surface area contributed by atoms with E-state index in [1.807, 2.05) is 0 Å². The van der Waals surface area contributed by atoms with Gasteiger partial charge in [-0.1, -0.05) is 20.8 Å². The van der Waals surface area contributed by atoms with Crippen LogP contribution in [0.2, 0.25) is 0 Å². The Labute approximate surface area is 165 Å². The van der Waals surface area contributed by atoms with E-state index in [-0.39, 0.29) is 6.10 Å². The van der Waals surface area contributed by atoms with Crippen LogP contribution < -0.4 is 0 Å². The van der Waals surface area contributed by atoms with Crippen molar-refractivity contribution < 1.29 is 15.0 Å². The normalized spacial score (nSPS) is 50.4. The zero-order valence-electron chi connectivity index (χ0n) is 17.6. The maximum Gasteiger partial charge on any atom is 0.303 e. The minimum atomic E-state index is -0.643. The molecule has 0 radical (unpaired) electrons. The first-order valence-electron chi connectivity index (χ1n) is 11.7. The molecule has 0 aromatic heterocycles. The van der Waals surface area contributed by atoms with E-state index in [2.05, 4.69) is 20.8 Å². The molecule has 0 bridgehead atoms. The zero-order valence-corrected chi connectivity index (χ0v) is 17.6. The van der Waals surface area contributed by atoms with Gasteiger partial charge in [0.05, 0.1) is 6.10 Å². The SMILES string of the molecule is C[C@@H](CCC(=O)O)[C@@H]1CC[C@@H]2[C@H]3CC[C@H]4C[C@@H](O)CC[C@]4(C)[C@@H]3CC[C@]21C. The summed E-state index contributed by atoms with van der Waals surface area (Å²) in [6, 6.07) is 0. The Hall–Kier alpha value is -0.570. The van der Waals surface area contributed by atoms with Crippen molar-refractivity contribution >= 4 is 5.97 Å². The molecule has 0 aromatic carbocycles. The van der Waals surface area contributed by atoms with Gasteiger partial charge in [-0.25, -0.2) is 0 Å². The number of rotatable bonds is 4. The number of fused-ring (bicyclic) bond motifs is 5. The molecule has 2 N–H and O–H groups in total. The lowest BCUT2D eigenvalue weighted by Crippen LogP contribution is -2.54. The number of carboxylic acid groups (broad SMARTS) is 1. The topological polar surface area (TPSA) is 57.5 Å². The summed E-state index contributed by atoms with van der Waals surface area (Å²) in [5.41, 5.74) is 0.882. The highest BCUT2D eigenvalue weighted by molar-refractivity contribution is 5.66. The van der Waals surface area contributed by atoms with Gasteiger partial charge < -0.3 is 10.2 Å². The standard InChI is InChI=1S/C24H40O3/c1-15(4-9-22(26)27)19-7-8-20-18-6-5-16-14-17(25)10-12-23(16,2)21(18)11-13-24(19,20)3/h15-21,25H,4-14H2,1-3H3,(H,26,27)/t15-,16-,17-,18+,19-,20+,21+,23-,24-/m0/s1. The molecule has 27 heavy (non-hydrogen) atoms. The monoisotopic (exact) mass is 376 g/mol. The molecule has 9 atom stereocenters. The van der Waals surface area contributed by atoms with E-state index < -0.39 is 5.97 Å². The molecule has 4 aliphatic rings. The fraction of sp³-hybridized carbons (Fsp3) is 0.958. The van der Waals surface area contributed by atoms with Gasteiger partial charge in [0.25, 0.3) is 0 Å². The van der Waals surface area contributed by atoms with Crippen molar-refractivity contribution in [1.82, 2.24) is 0 Å². The van der Waals surface area contributed by atoms with Crippen LogP contribution in [-0.2, 0) is 4.79 Å². The first-order valence-corrected chi connectivity index (χ1v) is 11.7. The summed E-state index contributed by atoms with van der Waals surface area (Å²) in [6.07, 6.45) is 12.4. The maximum atomic E-state index is 11.0. The Morgan fingerprint density at radius 2 is 1.70 bits per heavy atom. The Balaban J connectivity index is 1.51. The van der Waals surface area contributed by atoms with Crippen LogP contribution in [0, 0.1) is 46.3 Å². The van der Waals surface area contributed by atoms with Gasteiger partial charge in [-0.2, -0.15) is 0 Å². The second-order valence-electron chi connectivity index (χ2n) is 11.2. The highest BCUT2D eigenvalue weighted by Crippen LogP contribution is 2.68. The second kappa shape index (κ2) is 7.04. The largest absolute Gasteiger partial charge is 0.481 e. The number of carboxylic acids is 1. The zero-order chi connectivity index (χ0) is 19.4. The van der Waals surface area contributed by atoms with Crippen molar-refractivity contribution in [2.45, 2.75) is 97.5 Å². The lowest BCUT2D eigenvalue weighted by atomic mass is 9.44. The van der Waals surface area contributed by atoms with Crippen molar-refractivity contribution in [2.24, 2.45) is 46.3 Å². The van der Waals surface area contributed by atoms with Gasteiger partial charge in [0.15, 0.2) is 0 Å². The van der Waals surface area contributed by atoms with E-state index >= 15 is 0 Å². The molecule has 4 aliphatic carbocycles. The first kappa shape index (κ1) is 19.7. The highest BCUT2D eigenvalue weighted by atomic mass is 16.4. The Bertz CT molecular complexity index is 574. The van der Waals surface area contributed by atoms with E-state index in [4.69, 9.17) is 5.11 Å². The molecule has 0 heterocycles. The van der Waals surface area contributed by atoms with Gasteiger partial charge in [0, 0.05) is 6.42 Å². The molecule has 0 amide bonds. The Morgan fingerprint density at radius 1 is 1.00 bits per heavy atom. The minimum absolute atomic E-state index is 0.0561. The third-order valence-corrected chi connectivity index (χ3v) is 10.2. The van der Waals surface area contributed by atoms with E-state index in [1.54, 1.807) is 0 Å². The number of aliphatic hydroxyl groups is 1. The summed E-state index contributed by atoms with van der Waals surface area (Å²) in [6.45, 7) is 7.43. The molecule has 0 saturated heterocycles. The van der Waals surface area contributed by atoms with E-state index in [9.17, 15) is 9.90 Å². The van der Waals surface area contributed by atoms with Crippen LogP contribution >= 0.6 is 0 Å². The first-order chi connectivity index (χ1) is 12.8. The Morgan fingerprint density at radius 3 is 2.44 bits per heavy atom. The van der Waals surface area contributed by atoms with Gasteiger partial charge in [-0.05, 0) is 111 Å². The van der Waals surface area contributed by atoms with Crippen LogP contribution in [0.3, 0.4) is 0 Å². The van der Waals surface area contributed by atoms with E-state index in [0.29, 0.717) is 29.1 Å². The number of carbonyl (C=O) groups is 1. The number of aliphatic hydroxyl groups excluding tert-OH is 1. The summed E-state index contributed by atoms with van der Waals surface area (Å²) in [5, 5.41) is 19.3. The summed E-state index contributed by atoms with van der Waals surface area (Å²) >= 11 is 0. The van der Waals surface area contributed by atoms with Gasteiger partial charge in [-0.15, -0.1) is 0 Å². The van der Waals surface area contributed by atoms with Gasteiger partial charge in [0.2, 0.25) is 0 Å². The van der Waals surface area contributed by atoms with Crippen molar-refractivity contribution in [2.75, 3.05) is 0 Å². The van der Waals surface area contributed by atoms with Crippen molar-refractivity contribution in [3.8, 4) is 0 Å². The van der Waals surface area contributed by atoms with Crippen LogP contribution in [0.4, 0.5) is 0 Å². The lowest BCUT2D eigenvalue weighted by Gasteiger charge is -2.61. The second-order valence-corrected chi connectivity index (χ2v) is 11.2. The van der Waals surface area contributed by atoms with Crippen LogP contribution in [-0.4, -0.2) is 22.3 Å². The lowest BCUT2D eigenvalue weighted by molar-refractivity contribution is -0.138. The molecular weight excluding hydrogens is 336 g/mol. The predicted molar refractivity (Wildman–Crippen MR) is 107 cm³/mol. The fourth-order valence-electron chi connectivity index (χ4n) is 8.76. The maximum absolute atomic E-state index is 11.0. The predicted octanol–water partition coefficient (Wildman–Crippen LogP) is 5.51. The molecule has 154 valence electrons. The fourth-order valence-corrected chi connectivity index (χ4v) is 8.76. The average Bonchev–Trinajstić information content (AvgIpc) is 2.97. The van der Waals surface area contributed by atoms with Crippen LogP contribution in [0.25, 0.3) is 0 Å². The number of aliphatic carboxylic acids is 1. The molecule has 4 rings (SSSR count). The van der Waals surface area contributed by atoms with Gasteiger partial charge in [-0.3, -0.25) is 4.79 Å². The summed E-state index contributed by atoms with van der Waals surface area (Å²) < 4.78 is 0. The summed E-state index contributed by atoms with van der Waals surface area (Å²) in [4.78, 5) is 11.0. The smallest absolute Gasteiger partial charge is 0.303 e. The number of hydrogen-bond acceptors (Lipinski definition) is 2. The average molecular weight is 377 g/mol. The van der Waals surface area contributed by atoms with Gasteiger partial charge >= 0.3 is 5.97 Å². The minimum Gasteiger partial charge on any atom is -0.481 e. The molecule has 0 unspecified atom stereocenters. The van der Waals surface area contributed by atoms with Crippen LogP contribution in [0.1, 0.15) is 91.4 Å². The molecule has 0 spiro atoms. The van der Waals surface area contributed by atoms with Crippen LogP contribution in [0.15, 0.2) is 0 Å². The van der Waals surface area contributed by atoms with Gasteiger partial charge in [0.1, 0.15) is 0 Å². The van der Waals surface area contributed by atoms with Crippen molar-refractivity contribution in [1.29, 1.82) is 0 Å². The summed E-state index contributed by atoms with van der Waals surface area (Å²) in [5.74, 6) is 3.91. The van der Waals surface area contributed by atoms with Crippen LogP contribution in [0.5, 0.6) is 0 Å². The molecule has 3 heteroatoms.